The third-order valence-corrected chi connectivity index (χ3v) is 1.97. The molecule has 0 aliphatic heterocycles. The van der Waals surface area contributed by atoms with Gasteiger partial charge in [-0.3, -0.25) is 4.98 Å². The fourth-order valence-electron chi connectivity index (χ4n) is 1.09. The number of thiol groups is 1. The zero-order valence-corrected chi connectivity index (χ0v) is 6.75. The second-order valence-electron chi connectivity index (χ2n) is 2.35. The molecule has 2 rings (SSSR count). The van der Waals surface area contributed by atoms with Gasteiger partial charge in [0, 0.05) is 16.5 Å². The van der Waals surface area contributed by atoms with Gasteiger partial charge in [-0.05, 0) is 12.1 Å². The molecule has 2 aromatic rings. The Bertz CT molecular complexity index is 384. The van der Waals surface area contributed by atoms with Gasteiger partial charge >= 0.3 is 19.8 Å². The molecular weight excluding hydrogens is 224 g/mol. The summed E-state index contributed by atoms with van der Waals surface area (Å²) in [4.78, 5) is 5.14. The summed E-state index contributed by atoms with van der Waals surface area (Å²) in [5, 5.41) is 1.14. The normalized spacial score (nSPS) is 9.42. The fourth-order valence-corrected chi connectivity index (χ4v) is 1.36. The molecule has 0 spiro atoms. The zero-order valence-electron chi connectivity index (χ0n) is 5.86. The van der Waals surface area contributed by atoms with Gasteiger partial charge in [0.1, 0.15) is 0 Å². The molecule has 0 unspecified atom stereocenters. The van der Waals surface area contributed by atoms with E-state index in [2.05, 4.69) is 17.6 Å². The van der Waals surface area contributed by atoms with E-state index >= 15 is 0 Å². The summed E-state index contributed by atoms with van der Waals surface area (Å²) in [6, 6.07) is 9.91. The molecular formula is C9H10GaNS. The number of fused-ring (bicyclic) bond motifs is 1. The van der Waals surface area contributed by atoms with Crippen molar-refractivity contribution in [2.75, 3.05) is 0 Å². The first kappa shape index (κ1) is 9.70. The third kappa shape index (κ3) is 1.68. The van der Waals surface area contributed by atoms with Gasteiger partial charge in [-0.15, -0.1) is 12.6 Å². The molecule has 0 bridgehead atoms. The van der Waals surface area contributed by atoms with Crippen LogP contribution in [0.15, 0.2) is 41.4 Å². The average Bonchev–Trinajstić information content (AvgIpc) is 2.06. The molecule has 0 saturated heterocycles. The van der Waals surface area contributed by atoms with Crippen LogP contribution in [0.1, 0.15) is 0 Å². The van der Waals surface area contributed by atoms with Gasteiger partial charge in [0.15, 0.2) is 0 Å². The van der Waals surface area contributed by atoms with Crippen LogP contribution in [-0.2, 0) is 0 Å². The van der Waals surface area contributed by atoms with Crippen molar-refractivity contribution in [1.29, 1.82) is 0 Å². The molecule has 12 heavy (non-hydrogen) atoms. The van der Waals surface area contributed by atoms with Crippen LogP contribution in [0, 0.1) is 0 Å². The molecule has 0 N–H and O–H groups in total. The minimum absolute atomic E-state index is 0. The van der Waals surface area contributed by atoms with Gasteiger partial charge in [0.05, 0.1) is 5.52 Å². The van der Waals surface area contributed by atoms with Crippen LogP contribution in [0.3, 0.4) is 0 Å². The molecule has 0 amide bonds. The maximum atomic E-state index is 4.29. The summed E-state index contributed by atoms with van der Waals surface area (Å²) in [6.07, 6.45) is 1.78. The molecule has 1 aromatic carbocycles. The Morgan fingerprint density at radius 1 is 1.08 bits per heavy atom. The van der Waals surface area contributed by atoms with Crippen LogP contribution < -0.4 is 0 Å². The molecule has 1 heterocycles. The Kier molecular flexibility index (Phi) is 3.25. The number of aromatic nitrogens is 1. The first-order valence-corrected chi connectivity index (χ1v) is 3.85. The molecule has 1 aromatic heterocycles. The maximum absolute atomic E-state index is 4.29. The first-order valence-electron chi connectivity index (χ1n) is 3.40. The molecule has 0 aliphatic rings. The number of benzene rings is 1. The van der Waals surface area contributed by atoms with E-state index in [1.165, 1.54) is 0 Å². The van der Waals surface area contributed by atoms with Crippen molar-refractivity contribution >= 4 is 43.3 Å². The van der Waals surface area contributed by atoms with E-state index in [0.717, 1.165) is 15.8 Å². The standard InChI is InChI=1S/C9H7NS.Ga.3H/c11-8-5-1-3-7-4-2-6-10-9(7)8;;;;/h1-6,11H;;;;. The molecule has 60 valence electrons. The first-order chi connectivity index (χ1) is 5.38. The Balaban J connectivity index is 0.000000720. The summed E-state index contributed by atoms with van der Waals surface area (Å²) in [5.41, 5.74) is 0.971. The van der Waals surface area contributed by atoms with Gasteiger partial charge < -0.3 is 0 Å². The second-order valence-corrected chi connectivity index (χ2v) is 2.83. The molecule has 0 aliphatic carbocycles. The van der Waals surface area contributed by atoms with Gasteiger partial charge in [0.2, 0.25) is 0 Å². The molecule has 0 fully saturated rings. The topological polar surface area (TPSA) is 12.9 Å². The fraction of sp³-hybridized carbons (Fsp3) is 0. The van der Waals surface area contributed by atoms with Gasteiger partial charge in [-0.25, -0.2) is 0 Å². The van der Waals surface area contributed by atoms with Crippen molar-refractivity contribution < 1.29 is 0 Å². The number of pyridine rings is 1. The van der Waals surface area contributed by atoms with Crippen molar-refractivity contribution in [3.05, 3.63) is 36.5 Å². The van der Waals surface area contributed by atoms with E-state index < -0.39 is 0 Å². The molecule has 3 heteroatoms. The van der Waals surface area contributed by atoms with Crippen LogP contribution in [0.25, 0.3) is 10.9 Å². The van der Waals surface area contributed by atoms with Crippen molar-refractivity contribution in [2.45, 2.75) is 4.90 Å². The number of rotatable bonds is 0. The van der Waals surface area contributed by atoms with Crippen LogP contribution in [0.5, 0.6) is 0 Å². The van der Waals surface area contributed by atoms with Crippen LogP contribution in [0.2, 0.25) is 0 Å². The third-order valence-electron chi connectivity index (χ3n) is 1.61. The van der Waals surface area contributed by atoms with E-state index in [-0.39, 0.29) is 19.8 Å². The van der Waals surface area contributed by atoms with Crippen molar-refractivity contribution in [1.82, 2.24) is 4.98 Å². The molecule has 1 nitrogen and oxygen atoms in total. The van der Waals surface area contributed by atoms with E-state index in [1.807, 2.05) is 30.3 Å². The summed E-state index contributed by atoms with van der Waals surface area (Å²) in [6.45, 7) is 0. The molecule has 0 radical (unpaired) electrons. The quantitative estimate of drug-likeness (QED) is 0.536. The number of nitrogens with zero attached hydrogens (tertiary/aromatic N) is 1. The van der Waals surface area contributed by atoms with Crippen LogP contribution in [0.4, 0.5) is 0 Å². The van der Waals surface area contributed by atoms with Crippen LogP contribution >= 0.6 is 12.6 Å². The summed E-state index contributed by atoms with van der Waals surface area (Å²) in [7, 11) is 0. The van der Waals surface area contributed by atoms with Gasteiger partial charge in [-0.2, -0.15) is 0 Å². The van der Waals surface area contributed by atoms with Gasteiger partial charge in [0.25, 0.3) is 0 Å². The Morgan fingerprint density at radius 2 is 1.83 bits per heavy atom. The average molecular weight is 234 g/mol. The predicted molar refractivity (Wildman–Crippen MR) is 58.9 cm³/mol. The zero-order chi connectivity index (χ0) is 7.68. The molecule has 0 saturated carbocycles. The van der Waals surface area contributed by atoms with Gasteiger partial charge in [-0.1, -0.05) is 18.2 Å². The van der Waals surface area contributed by atoms with Crippen LogP contribution in [-0.4, -0.2) is 24.8 Å². The van der Waals surface area contributed by atoms with Crippen molar-refractivity contribution in [2.24, 2.45) is 0 Å². The number of para-hydroxylation sites is 1. The van der Waals surface area contributed by atoms with E-state index in [9.17, 15) is 0 Å². The summed E-state index contributed by atoms with van der Waals surface area (Å²) in [5.74, 6) is 0. The van der Waals surface area contributed by atoms with E-state index in [4.69, 9.17) is 0 Å². The number of hydrogen-bond donors (Lipinski definition) is 1. The Morgan fingerprint density at radius 3 is 2.58 bits per heavy atom. The summed E-state index contributed by atoms with van der Waals surface area (Å²) < 4.78 is 0. The van der Waals surface area contributed by atoms with Crippen molar-refractivity contribution in [3.8, 4) is 0 Å². The Hall–Kier alpha value is -0.384. The van der Waals surface area contributed by atoms with E-state index in [0.29, 0.717) is 0 Å². The SMILES string of the molecule is Sc1cccc2cccnc12.[GaH3]. The minimum atomic E-state index is 0. The van der Waals surface area contributed by atoms with E-state index in [1.54, 1.807) is 6.20 Å². The predicted octanol–water partition coefficient (Wildman–Crippen LogP) is 1.34. The molecule has 0 atom stereocenters. The summed E-state index contributed by atoms with van der Waals surface area (Å²) >= 11 is 4.29. The second kappa shape index (κ2) is 4.03. The van der Waals surface area contributed by atoms with Crippen molar-refractivity contribution in [3.63, 3.8) is 0 Å². The Labute approximate surface area is 89.7 Å². The monoisotopic (exact) mass is 233 g/mol. The number of hydrogen-bond acceptors (Lipinski definition) is 2.